The smallest absolute Gasteiger partial charge is 0.0605 e. The second-order valence-electron chi connectivity index (χ2n) is 4.64. The predicted molar refractivity (Wildman–Crippen MR) is 68.2 cm³/mol. The van der Waals surface area contributed by atoms with Gasteiger partial charge in [-0.25, -0.2) is 0 Å². The van der Waals surface area contributed by atoms with Crippen LogP contribution in [0.15, 0.2) is 24.3 Å². The third-order valence-corrected chi connectivity index (χ3v) is 3.59. The van der Waals surface area contributed by atoms with Gasteiger partial charge in [0.05, 0.1) is 11.4 Å². The third-order valence-electron chi connectivity index (χ3n) is 3.59. The number of fused-ring (bicyclic) bond motifs is 1. The summed E-state index contributed by atoms with van der Waals surface area (Å²) in [6.07, 6.45) is 2.62. The van der Waals surface area contributed by atoms with Crippen molar-refractivity contribution in [3.05, 3.63) is 24.3 Å². The van der Waals surface area contributed by atoms with Crippen molar-refractivity contribution >= 4 is 11.4 Å². The van der Waals surface area contributed by atoms with Gasteiger partial charge in [0.2, 0.25) is 0 Å². The van der Waals surface area contributed by atoms with Crippen LogP contribution in [0.3, 0.4) is 0 Å². The molecule has 1 unspecified atom stereocenters. The van der Waals surface area contributed by atoms with Gasteiger partial charge in [-0.1, -0.05) is 12.1 Å². The number of hydrogen-bond acceptors (Lipinski definition) is 3. The second-order valence-corrected chi connectivity index (χ2v) is 4.64. The van der Waals surface area contributed by atoms with E-state index in [-0.39, 0.29) is 0 Å². The van der Waals surface area contributed by atoms with E-state index in [9.17, 15) is 0 Å². The van der Waals surface area contributed by atoms with Crippen molar-refractivity contribution in [2.45, 2.75) is 18.9 Å². The van der Waals surface area contributed by atoms with Crippen molar-refractivity contribution in [1.29, 1.82) is 0 Å². The first-order valence-electron chi connectivity index (χ1n) is 6.25. The molecule has 0 aliphatic carbocycles. The Morgan fingerprint density at radius 1 is 1.19 bits per heavy atom. The maximum Gasteiger partial charge on any atom is 0.0605 e. The highest BCUT2D eigenvalue weighted by molar-refractivity contribution is 5.72. The Kier molecular flexibility index (Phi) is 2.70. The molecule has 1 atom stereocenters. The monoisotopic (exact) mass is 217 g/mol. The fourth-order valence-electron chi connectivity index (χ4n) is 2.78. The van der Waals surface area contributed by atoms with Gasteiger partial charge in [0, 0.05) is 25.7 Å². The number of benzene rings is 1. The molecule has 0 radical (unpaired) electrons. The fourth-order valence-corrected chi connectivity index (χ4v) is 2.78. The summed E-state index contributed by atoms with van der Waals surface area (Å²) < 4.78 is 0. The van der Waals surface area contributed by atoms with E-state index in [1.54, 1.807) is 0 Å². The Balaban J connectivity index is 1.86. The molecule has 3 rings (SSSR count). The lowest BCUT2D eigenvalue weighted by atomic mass is 10.0. The van der Waals surface area contributed by atoms with Crippen molar-refractivity contribution in [2.75, 3.05) is 36.4 Å². The van der Waals surface area contributed by atoms with Gasteiger partial charge in [-0.2, -0.15) is 0 Å². The van der Waals surface area contributed by atoms with Crippen LogP contribution in [0.25, 0.3) is 0 Å². The molecule has 0 bridgehead atoms. The van der Waals surface area contributed by atoms with Crippen LogP contribution in [-0.2, 0) is 0 Å². The molecule has 1 fully saturated rings. The van der Waals surface area contributed by atoms with E-state index < -0.39 is 0 Å². The number of hydrogen-bond donors (Lipinski definition) is 2. The lowest BCUT2D eigenvalue weighted by Gasteiger charge is -2.40. The molecule has 3 heteroatoms. The Morgan fingerprint density at radius 2 is 2.12 bits per heavy atom. The van der Waals surface area contributed by atoms with E-state index in [1.165, 1.54) is 30.8 Å². The third kappa shape index (κ3) is 1.76. The summed E-state index contributed by atoms with van der Waals surface area (Å²) in [4.78, 5) is 2.57. The van der Waals surface area contributed by atoms with E-state index in [0.29, 0.717) is 6.04 Å². The van der Waals surface area contributed by atoms with Gasteiger partial charge in [0.15, 0.2) is 0 Å². The SMILES string of the molecule is c1ccc2c(c1)NCCN2C1CCCNC1. The van der Waals surface area contributed by atoms with Crippen molar-refractivity contribution < 1.29 is 0 Å². The first kappa shape index (κ1) is 9.97. The maximum absolute atomic E-state index is 3.50. The molecule has 16 heavy (non-hydrogen) atoms. The summed E-state index contributed by atoms with van der Waals surface area (Å²) in [7, 11) is 0. The fraction of sp³-hybridized carbons (Fsp3) is 0.538. The normalized spacial score (nSPS) is 24.8. The Bertz CT molecular complexity index is 358. The van der Waals surface area contributed by atoms with Crippen molar-refractivity contribution in [1.82, 2.24) is 5.32 Å². The van der Waals surface area contributed by atoms with Crippen LogP contribution in [0.5, 0.6) is 0 Å². The van der Waals surface area contributed by atoms with Gasteiger partial charge in [-0.15, -0.1) is 0 Å². The Labute approximate surface area is 96.8 Å². The summed E-state index contributed by atoms with van der Waals surface area (Å²) in [6.45, 7) is 4.51. The molecule has 1 aromatic carbocycles. The number of anilines is 2. The van der Waals surface area contributed by atoms with Crippen molar-refractivity contribution in [3.8, 4) is 0 Å². The predicted octanol–water partition coefficient (Wildman–Crippen LogP) is 1.67. The van der Waals surface area contributed by atoms with E-state index >= 15 is 0 Å². The first-order chi connectivity index (χ1) is 7.95. The molecule has 2 N–H and O–H groups in total. The number of para-hydroxylation sites is 2. The largest absolute Gasteiger partial charge is 0.382 e. The van der Waals surface area contributed by atoms with Crippen molar-refractivity contribution in [2.24, 2.45) is 0 Å². The highest BCUT2D eigenvalue weighted by Gasteiger charge is 2.24. The molecule has 1 aromatic rings. The van der Waals surface area contributed by atoms with Gasteiger partial charge in [0.25, 0.3) is 0 Å². The minimum atomic E-state index is 0.678. The van der Waals surface area contributed by atoms with Crippen LogP contribution in [0, 0.1) is 0 Å². The first-order valence-corrected chi connectivity index (χ1v) is 6.25. The van der Waals surface area contributed by atoms with Crippen LogP contribution in [-0.4, -0.2) is 32.2 Å². The summed E-state index contributed by atoms with van der Waals surface area (Å²) in [5, 5.41) is 6.97. The number of nitrogens with one attached hydrogen (secondary N) is 2. The highest BCUT2D eigenvalue weighted by Crippen LogP contribution is 2.31. The van der Waals surface area contributed by atoms with E-state index in [1.807, 2.05) is 0 Å². The van der Waals surface area contributed by atoms with E-state index in [4.69, 9.17) is 0 Å². The molecule has 2 heterocycles. The quantitative estimate of drug-likeness (QED) is 0.749. The van der Waals surface area contributed by atoms with Crippen LogP contribution >= 0.6 is 0 Å². The average molecular weight is 217 g/mol. The zero-order valence-corrected chi connectivity index (χ0v) is 9.58. The Hall–Kier alpha value is -1.22. The average Bonchev–Trinajstić information content (AvgIpc) is 2.39. The van der Waals surface area contributed by atoms with Crippen LogP contribution < -0.4 is 15.5 Å². The van der Waals surface area contributed by atoms with Crippen LogP contribution in [0.2, 0.25) is 0 Å². The molecule has 1 saturated heterocycles. The summed E-state index contributed by atoms with van der Waals surface area (Å²) in [5.74, 6) is 0. The Morgan fingerprint density at radius 3 is 3.00 bits per heavy atom. The molecule has 3 nitrogen and oxygen atoms in total. The molecule has 0 saturated carbocycles. The molecular formula is C13H19N3. The minimum Gasteiger partial charge on any atom is -0.382 e. The number of nitrogens with zero attached hydrogens (tertiary/aromatic N) is 1. The zero-order chi connectivity index (χ0) is 10.8. The lowest BCUT2D eigenvalue weighted by molar-refractivity contribution is 0.432. The summed E-state index contributed by atoms with van der Waals surface area (Å²) >= 11 is 0. The molecular weight excluding hydrogens is 198 g/mol. The minimum absolute atomic E-state index is 0.678. The molecule has 0 spiro atoms. The molecule has 2 aliphatic heterocycles. The maximum atomic E-state index is 3.50. The molecule has 86 valence electrons. The van der Waals surface area contributed by atoms with Crippen molar-refractivity contribution in [3.63, 3.8) is 0 Å². The van der Waals surface area contributed by atoms with E-state index in [0.717, 1.165) is 19.6 Å². The molecule has 0 aromatic heterocycles. The number of piperidine rings is 1. The van der Waals surface area contributed by atoms with Gasteiger partial charge >= 0.3 is 0 Å². The van der Waals surface area contributed by atoms with E-state index in [2.05, 4.69) is 39.8 Å². The van der Waals surface area contributed by atoms with Gasteiger partial charge in [-0.3, -0.25) is 0 Å². The topological polar surface area (TPSA) is 27.3 Å². The van der Waals surface area contributed by atoms with Gasteiger partial charge in [0.1, 0.15) is 0 Å². The summed E-state index contributed by atoms with van der Waals surface area (Å²) in [6, 6.07) is 9.33. The van der Waals surface area contributed by atoms with Crippen LogP contribution in [0.4, 0.5) is 11.4 Å². The van der Waals surface area contributed by atoms with Gasteiger partial charge in [-0.05, 0) is 31.5 Å². The lowest BCUT2D eigenvalue weighted by Crippen LogP contribution is -2.49. The number of rotatable bonds is 1. The zero-order valence-electron chi connectivity index (χ0n) is 9.58. The molecule has 2 aliphatic rings. The van der Waals surface area contributed by atoms with Gasteiger partial charge < -0.3 is 15.5 Å². The summed E-state index contributed by atoms with van der Waals surface area (Å²) in [5.41, 5.74) is 2.67. The second kappa shape index (κ2) is 4.34. The standard InChI is InChI=1S/C13H19N3/c1-2-6-13-12(5-1)15-8-9-16(13)11-4-3-7-14-10-11/h1-2,5-6,11,14-15H,3-4,7-10H2. The van der Waals surface area contributed by atoms with Crippen LogP contribution in [0.1, 0.15) is 12.8 Å². The highest BCUT2D eigenvalue weighted by atomic mass is 15.2. The molecule has 0 amide bonds.